The van der Waals surface area contributed by atoms with Gasteiger partial charge in [0.1, 0.15) is 85.0 Å². The van der Waals surface area contributed by atoms with Gasteiger partial charge in [0.25, 0.3) is 0 Å². The molecule has 2 saturated heterocycles. The molecule has 23 nitrogen and oxygen atoms in total. The Bertz CT molecular complexity index is 2380. The van der Waals surface area contributed by atoms with E-state index in [-0.39, 0.29) is 22.3 Å². The third-order valence-corrected chi connectivity index (χ3v) is 9.63. The number of esters is 3. The molecule has 11 N–H and O–H groups in total. The SMILES string of the molecule is CC(=O)O[C@H]1[C@H](O)[C@@H](O)[C@H](Oc2cc(O)cc3[o+]c(-c4cc(O)c(O)c(O)c4)c(O[C@@H]4O[C@H](COC(=O)C=Cc5ccc(O)cc5)[C@@H](O)[C@H](O)[C@H]4O)cc23)O[C@@H]1COC(=O)CC(=O)O. The topological polar surface area (TPSA) is 367 Å². The van der Waals surface area contributed by atoms with Gasteiger partial charge in [-0.15, -0.1) is 0 Å². The molecule has 3 heterocycles. The highest BCUT2D eigenvalue weighted by Crippen LogP contribution is 2.45. The lowest BCUT2D eigenvalue weighted by Gasteiger charge is -2.41. The maximum atomic E-state index is 12.5. The van der Waals surface area contributed by atoms with Gasteiger partial charge in [-0.3, -0.25) is 14.4 Å². The van der Waals surface area contributed by atoms with Crippen LogP contribution in [0.3, 0.4) is 0 Å². The van der Waals surface area contributed by atoms with Gasteiger partial charge in [-0.05, 0) is 23.8 Å². The zero-order valence-corrected chi connectivity index (χ0v) is 33.1. The molecule has 0 spiro atoms. The second-order valence-electron chi connectivity index (χ2n) is 14.3. The molecule has 64 heavy (non-hydrogen) atoms. The summed E-state index contributed by atoms with van der Waals surface area (Å²) in [5.74, 6) is -9.04. The van der Waals surface area contributed by atoms with Gasteiger partial charge in [-0.1, -0.05) is 12.1 Å². The molecule has 0 radical (unpaired) electrons. The largest absolute Gasteiger partial charge is 0.508 e. The van der Waals surface area contributed by atoms with E-state index in [1.54, 1.807) is 0 Å². The van der Waals surface area contributed by atoms with Gasteiger partial charge in [-0.25, -0.2) is 9.21 Å². The molecule has 4 aromatic rings. The molecule has 2 aliphatic rings. The standard InChI is InChI=1S/C41H40O23/c1-16(42)59-39-28(15-58-31(50)13-29(47)48)64-41(37(56)35(39)54)61-25-11-20(44)10-24-21(25)12-26(38(60-24)18-8-22(45)32(51)23(46)9-18)62-40-36(55)34(53)33(52)27(63-40)14-57-30(49)7-4-17-2-5-19(43)6-3-17/h2-12,27-28,33-37,39-41,52-56H,13-15H2,1H3,(H5-,43,44,45,46,47,48,49,51)/p+1/t27-,28-,33-,34+,35-,36-,37-,39-,40-,41-/m1/s1. The van der Waals surface area contributed by atoms with Crippen molar-refractivity contribution in [1.29, 1.82) is 0 Å². The molecule has 0 unspecified atom stereocenters. The van der Waals surface area contributed by atoms with Gasteiger partial charge in [0.15, 0.2) is 23.4 Å². The van der Waals surface area contributed by atoms with Crippen LogP contribution in [-0.4, -0.2) is 155 Å². The number of carboxylic acid groups (broad SMARTS) is 1. The number of aliphatic hydroxyl groups is 5. The first kappa shape index (κ1) is 46.5. The van der Waals surface area contributed by atoms with Crippen LogP contribution in [0, 0.1) is 0 Å². The van der Waals surface area contributed by atoms with E-state index in [0.717, 1.165) is 43.3 Å². The fraction of sp³-hybridized carbons (Fsp3) is 0.341. The normalized spacial score (nSPS) is 25.7. The molecule has 6 rings (SSSR count). The van der Waals surface area contributed by atoms with Crippen molar-refractivity contribution in [2.75, 3.05) is 13.2 Å². The number of carbonyl (C=O) groups is 4. The first-order valence-corrected chi connectivity index (χ1v) is 18.9. The van der Waals surface area contributed by atoms with Crippen LogP contribution >= 0.6 is 0 Å². The Labute approximate surface area is 359 Å². The van der Waals surface area contributed by atoms with E-state index in [4.69, 9.17) is 42.7 Å². The van der Waals surface area contributed by atoms with Crippen molar-refractivity contribution in [2.24, 2.45) is 0 Å². The number of phenols is 5. The summed E-state index contributed by atoms with van der Waals surface area (Å²) in [6, 6.07) is 10.8. The number of rotatable bonds is 14. The summed E-state index contributed by atoms with van der Waals surface area (Å²) in [7, 11) is 0. The van der Waals surface area contributed by atoms with E-state index in [0.29, 0.717) is 5.56 Å². The number of fused-ring (bicyclic) bond motifs is 1. The minimum absolute atomic E-state index is 0.00200. The molecule has 0 saturated carbocycles. The van der Waals surface area contributed by atoms with Gasteiger partial charge in [0.2, 0.25) is 18.3 Å². The first-order valence-electron chi connectivity index (χ1n) is 18.9. The number of hydrogen-bond acceptors (Lipinski definition) is 21. The number of aliphatic hydroxyl groups excluding tert-OH is 5. The first-order chi connectivity index (χ1) is 30.3. The molecule has 342 valence electrons. The summed E-state index contributed by atoms with van der Waals surface area (Å²) in [5, 5.41) is 114. The lowest BCUT2D eigenvalue weighted by atomic mass is 9.99. The molecule has 2 aliphatic heterocycles. The Kier molecular flexibility index (Phi) is 14.2. The van der Waals surface area contributed by atoms with E-state index >= 15 is 0 Å². The summed E-state index contributed by atoms with van der Waals surface area (Å²) >= 11 is 0. The zero-order valence-electron chi connectivity index (χ0n) is 33.1. The van der Waals surface area contributed by atoms with E-state index in [1.165, 1.54) is 30.3 Å². The quantitative estimate of drug-likeness (QED) is 0.0200. The molecule has 2 fully saturated rings. The average molecular weight is 902 g/mol. The number of benzene rings is 3. The number of aliphatic carboxylic acids is 1. The number of ether oxygens (including phenoxy) is 7. The van der Waals surface area contributed by atoms with Crippen molar-refractivity contribution < 1.29 is 113 Å². The molecule has 0 aliphatic carbocycles. The Balaban J connectivity index is 1.33. The van der Waals surface area contributed by atoms with Crippen LogP contribution in [0.2, 0.25) is 0 Å². The minimum atomic E-state index is -2.03. The van der Waals surface area contributed by atoms with Crippen LogP contribution in [0.4, 0.5) is 0 Å². The van der Waals surface area contributed by atoms with Crippen molar-refractivity contribution in [3.63, 3.8) is 0 Å². The predicted molar refractivity (Wildman–Crippen MR) is 208 cm³/mol. The lowest BCUT2D eigenvalue weighted by molar-refractivity contribution is -0.281. The Morgan fingerprint density at radius 2 is 1.31 bits per heavy atom. The number of phenolic OH excluding ortho intramolecular Hbond substituents is 5. The van der Waals surface area contributed by atoms with E-state index < -0.39 is 145 Å². The van der Waals surface area contributed by atoms with Crippen molar-refractivity contribution in [1.82, 2.24) is 0 Å². The molecule has 10 atom stereocenters. The lowest BCUT2D eigenvalue weighted by Crippen LogP contribution is -2.61. The summed E-state index contributed by atoms with van der Waals surface area (Å²) in [6.07, 6.45) is -17.2. The molecular weight excluding hydrogens is 860 g/mol. The molecule has 1 aromatic heterocycles. The summed E-state index contributed by atoms with van der Waals surface area (Å²) in [6.45, 7) is -0.524. The Morgan fingerprint density at radius 3 is 1.95 bits per heavy atom. The summed E-state index contributed by atoms with van der Waals surface area (Å²) in [5.41, 5.74) is 0.0527. The zero-order chi connectivity index (χ0) is 46.6. The fourth-order valence-corrected chi connectivity index (χ4v) is 6.48. The highest BCUT2D eigenvalue weighted by atomic mass is 16.7. The molecule has 0 bridgehead atoms. The number of hydrogen-bond donors (Lipinski definition) is 11. The van der Waals surface area contributed by atoms with Crippen LogP contribution in [0.25, 0.3) is 28.4 Å². The molecular formula is C41H41O23+. The Morgan fingerprint density at radius 1 is 0.703 bits per heavy atom. The third kappa shape index (κ3) is 10.8. The average Bonchev–Trinajstić information content (AvgIpc) is 3.23. The maximum absolute atomic E-state index is 12.5. The van der Waals surface area contributed by atoms with Crippen LogP contribution in [0.15, 0.2) is 65.1 Å². The highest BCUT2D eigenvalue weighted by molar-refractivity contribution is 5.90. The van der Waals surface area contributed by atoms with Gasteiger partial charge in [0.05, 0.1) is 11.6 Å². The van der Waals surface area contributed by atoms with Crippen LogP contribution in [-0.2, 0) is 42.9 Å². The van der Waals surface area contributed by atoms with Gasteiger partial charge < -0.3 is 89.3 Å². The fourth-order valence-electron chi connectivity index (χ4n) is 6.48. The maximum Gasteiger partial charge on any atom is 0.402 e. The van der Waals surface area contributed by atoms with Crippen LogP contribution in [0.1, 0.15) is 18.9 Å². The van der Waals surface area contributed by atoms with Crippen LogP contribution < -0.4 is 9.47 Å². The van der Waals surface area contributed by atoms with E-state index in [2.05, 4.69) is 0 Å². The van der Waals surface area contributed by atoms with Crippen molar-refractivity contribution in [2.45, 2.75) is 74.8 Å². The van der Waals surface area contributed by atoms with Crippen LogP contribution in [0.5, 0.6) is 40.2 Å². The Hall–Kier alpha value is -6.99. The van der Waals surface area contributed by atoms with Crippen molar-refractivity contribution in [3.8, 4) is 51.6 Å². The van der Waals surface area contributed by atoms with Gasteiger partial charge >= 0.3 is 35.2 Å². The summed E-state index contributed by atoms with van der Waals surface area (Å²) < 4.78 is 44.6. The van der Waals surface area contributed by atoms with E-state index in [1.807, 2.05) is 0 Å². The van der Waals surface area contributed by atoms with E-state index in [9.17, 15) is 70.2 Å². The van der Waals surface area contributed by atoms with Crippen molar-refractivity contribution >= 4 is 40.9 Å². The van der Waals surface area contributed by atoms with Gasteiger partial charge in [0, 0.05) is 37.3 Å². The number of carbonyl (C=O) groups excluding carboxylic acids is 3. The molecule has 3 aromatic carbocycles. The third-order valence-electron chi connectivity index (χ3n) is 9.63. The number of aromatic hydroxyl groups is 5. The predicted octanol–water partition coefficient (Wildman–Crippen LogP) is 0.127. The molecule has 0 amide bonds. The minimum Gasteiger partial charge on any atom is -0.508 e. The second kappa shape index (κ2) is 19.6. The van der Waals surface area contributed by atoms with Gasteiger partial charge in [-0.2, -0.15) is 0 Å². The molecule has 23 heteroatoms. The second-order valence-corrected chi connectivity index (χ2v) is 14.3. The summed E-state index contributed by atoms with van der Waals surface area (Å²) in [4.78, 5) is 47.4. The monoisotopic (exact) mass is 901 g/mol. The highest BCUT2D eigenvalue weighted by Gasteiger charge is 2.49. The smallest absolute Gasteiger partial charge is 0.402 e. The van der Waals surface area contributed by atoms with Crippen molar-refractivity contribution in [3.05, 3.63) is 66.2 Å². The number of carboxylic acids is 1.